The standard InChI is InChI=1S/C41H45ClN8O7/c1-40(2)37(41(3,4)38(40)57-27-8-7-24(21-43)30(42)20-27)50-32(51)12-11-31(36(50)55)49-34(53)28-10-9-26(19-29(28)35(49)54)56-18-6-5-13-47-14-16-48(17-15-47)39-45-22-25(23-46-39)33(44)52/h7-10,19-20,22-23,31,37-38H,5-6,11-18H2,1-4H3,(H2,44,52). The number of amides is 5. The Morgan fingerprint density at radius 3 is 2.23 bits per heavy atom. The van der Waals surface area contributed by atoms with E-state index in [0.717, 1.165) is 50.5 Å². The number of rotatable bonds is 12. The van der Waals surface area contributed by atoms with Crippen molar-refractivity contribution in [3.05, 3.63) is 76.1 Å². The fourth-order valence-corrected chi connectivity index (χ4v) is 9.41. The third-order valence-corrected chi connectivity index (χ3v) is 12.0. The van der Waals surface area contributed by atoms with Crippen molar-refractivity contribution in [2.24, 2.45) is 16.6 Å². The Bertz CT molecular complexity index is 2150. The Kier molecular flexibility index (Phi) is 10.7. The molecule has 1 unspecified atom stereocenters. The highest BCUT2D eigenvalue weighted by atomic mass is 35.5. The maximum Gasteiger partial charge on any atom is 0.262 e. The highest BCUT2D eigenvalue weighted by molar-refractivity contribution is 6.31. The Labute approximate surface area is 335 Å². The Hall–Kier alpha value is -5.59. The molecule has 4 aliphatic rings. The van der Waals surface area contributed by atoms with Gasteiger partial charge in [-0.05, 0) is 56.1 Å². The normalized spacial score (nSPS) is 22.9. The van der Waals surface area contributed by atoms with Crippen molar-refractivity contribution in [1.82, 2.24) is 24.7 Å². The van der Waals surface area contributed by atoms with Crippen LogP contribution < -0.4 is 20.1 Å². The first-order chi connectivity index (χ1) is 27.1. The Balaban J connectivity index is 0.929. The number of aromatic nitrogens is 2. The summed E-state index contributed by atoms with van der Waals surface area (Å²) in [6, 6.07) is 9.88. The van der Waals surface area contributed by atoms with E-state index in [9.17, 15) is 29.2 Å². The molecule has 0 spiro atoms. The van der Waals surface area contributed by atoms with Gasteiger partial charge in [-0.3, -0.25) is 38.7 Å². The molecule has 1 atom stereocenters. The van der Waals surface area contributed by atoms with Crippen LogP contribution in [-0.4, -0.2) is 112 Å². The molecule has 0 radical (unpaired) electrons. The van der Waals surface area contributed by atoms with Crippen molar-refractivity contribution in [3.8, 4) is 17.6 Å². The minimum absolute atomic E-state index is 0.00607. The Morgan fingerprint density at radius 2 is 1.58 bits per heavy atom. The van der Waals surface area contributed by atoms with E-state index in [1.807, 2.05) is 33.8 Å². The molecule has 15 nitrogen and oxygen atoms in total. The van der Waals surface area contributed by atoms with Gasteiger partial charge >= 0.3 is 0 Å². The quantitative estimate of drug-likeness (QED) is 0.204. The predicted molar refractivity (Wildman–Crippen MR) is 208 cm³/mol. The fraction of sp³-hybridized carbons (Fsp3) is 0.463. The molecule has 4 heterocycles. The molecule has 1 aliphatic carbocycles. The average molecular weight is 797 g/mol. The Morgan fingerprint density at radius 1 is 0.912 bits per heavy atom. The maximum absolute atomic E-state index is 14.3. The number of hydrogen-bond donors (Lipinski definition) is 1. The highest BCUT2D eigenvalue weighted by Crippen LogP contribution is 2.58. The molecule has 3 fully saturated rings. The number of carbonyl (C=O) groups is 5. The molecule has 2 aromatic carbocycles. The number of unbranched alkanes of at least 4 members (excludes halogenated alkanes) is 1. The molecule has 3 aliphatic heterocycles. The third-order valence-electron chi connectivity index (χ3n) is 11.7. The summed E-state index contributed by atoms with van der Waals surface area (Å²) in [5, 5.41) is 9.51. The summed E-state index contributed by atoms with van der Waals surface area (Å²) in [6.45, 7) is 12.2. The van der Waals surface area contributed by atoms with Crippen molar-refractivity contribution >= 4 is 47.1 Å². The first-order valence-electron chi connectivity index (χ1n) is 19.1. The average Bonchev–Trinajstić information content (AvgIpc) is 3.43. The van der Waals surface area contributed by atoms with E-state index in [0.29, 0.717) is 29.6 Å². The number of ether oxygens (including phenoxy) is 2. The molecule has 5 amide bonds. The molecular weight excluding hydrogens is 752 g/mol. The number of carbonyl (C=O) groups excluding carboxylic acids is 5. The van der Waals surface area contributed by atoms with Crippen molar-refractivity contribution < 1.29 is 33.4 Å². The lowest BCUT2D eigenvalue weighted by molar-refractivity contribution is -0.216. The number of imide groups is 2. The number of primary amides is 1. The molecule has 2 saturated heterocycles. The summed E-state index contributed by atoms with van der Waals surface area (Å²) < 4.78 is 12.4. The van der Waals surface area contributed by atoms with E-state index >= 15 is 0 Å². The number of benzene rings is 2. The number of nitriles is 1. The summed E-state index contributed by atoms with van der Waals surface area (Å²) in [7, 11) is 0. The van der Waals surface area contributed by atoms with Crippen molar-refractivity contribution in [3.63, 3.8) is 0 Å². The number of hydrogen-bond acceptors (Lipinski definition) is 12. The monoisotopic (exact) mass is 796 g/mol. The molecule has 1 aromatic heterocycles. The zero-order chi connectivity index (χ0) is 40.8. The van der Waals surface area contributed by atoms with Gasteiger partial charge in [0.2, 0.25) is 11.9 Å². The molecule has 3 aromatic rings. The highest BCUT2D eigenvalue weighted by Gasteiger charge is 2.68. The topological polar surface area (TPSA) is 192 Å². The van der Waals surface area contributed by atoms with Crippen molar-refractivity contribution in [2.75, 3.05) is 44.2 Å². The van der Waals surface area contributed by atoms with Gasteiger partial charge in [0.25, 0.3) is 23.6 Å². The number of piperidine rings is 1. The van der Waals surface area contributed by atoms with Crippen molar-refractivity contribution in [2.45, 2.75) is 71.6 Å². The zero-order valence-corrected chi connectivity index (χ0v) is 33.1. The summed E-state index contributed by atoms with van der Waals surface area (Å²) in [5.41, 5.74) is 4.81. The minimum Gasteiger partial charge on any atom is -0.494 e. The number of halogens is 1. The first kappa shape index (κ1) is 39.6. The van der Waals surface area contributed by atoms with Crippen molar-refractivity contribution in [1.29, 1.82) is 5.26 Å². The van der Waals surface area contributed by atoms with E-state index in [4.69, 9.17) is 26.8 Å². The zero-order valence-electron chi connectivity index (χ0n) is 32.4. The van der Waals surface area contributed by atoms with E-state index < -0.39 is 52.6 Å². The smallest absolute Gasteiger partial charge is 0.262 e. The number of anilines is 1. The van der Waals surface area contributed by atoms with Crippen LogP contribution in [0.1, 0.15) is 90.0 Å². The number of nitrogens with two attached hydrogens (primary N) is 1. The molecule has 298 valence electrons. The van der Waals surface area contributed by atoms with Gasteiger partial charge in [-0.15, -0.1) is 0 Å². The van der Waals surface area contributed by atoms with Gasteiger partial charge in [0, 0.05) is 61.9 Å². The summed E-state index contributed by atoms with van der Waals surface area (Å²) in [4.78, 5) is 81.8. The second kappa shape index (κ2) is 15.4. The van der Waals surface area contributed by atoms with Gasteiger partial charge in [-0.1, -0.05) is 39.3 Å². The predicted octanol–water partition coefficient (Wildman–Crippen LogP) is 4.08. The number of piperazine rings is 1. The van der Waals surface area contributed by atoms with Gasteiger partial charge < -0.3 is 20.1 Å². The fourth-order valence-electron chi connectivity index (χ4n) is 9.19. The number of likely N-dealkylation sites (tertiary alicyclic amines) is 1. The van der Waals surface area contributed by atoms with E-state index in [1.54, 1.807) is 36.4 Å². The second-order valence-electron chi connectivity index (χ2n) is 16.2. The largest absolute Gasteiger partial charge is 0.494 e. The van der Waals surface area contributed by atoms with Crippen LogP contribution in [0.4, 0.5) is 5.95 Å². The minimum atomic E-state index is -1.14. The second-order valence-corrected chi connectivity index (χ2v) is 16.6. The lowest BCUT2D eigenvalue weighted by Gasteiger charge is -2.65. The molecule has 2 N–H and O–H groups in total. The van der Waals surface area contributed by atoms with Gasteiger partial charge in [-0.2, -0.15) is 5.26 Å². The van der Waals surface area contributed by atoms with Crippen LogP contribution in [0.15, 0.2) is 48.8 Å². The number of nitrogens with zero attached hydrogens (tertiary/aromatic N) is 7. The number of fused-ring (bicyclic) bond motifs is 1. The van der Waals surface area contributed by atoms with Gasteiger partial charge in [0.05, 0.1) is 39.9 Å². The van der Waals surface area contributed by atoms with Crippen LogP contribution in [-0.2, 0) is 9.59 Å². The van der Waals surface area contributed by atoms with E-state index in [1.165, 1.54) is 17.3 Å². The van der Waals surface area contributed by atoms with Crippen LogP contribution >= 0.6 is 11.6 Å². The van der Waals surface area contributed by atoms with Crippen LogP contribution in [0.3, 0.4) is 0 Å². The van der Waals surface area contributed by atoms with Gasteiger partial charge in [0.1, 0.15) is 29.7 Å². The SMILES string of the molecule is CC1(C)C(Oc2ccc(C#N)c(Cl)c2)C(C)(C)C1N1C(=O)CCC(N2C(=O)c3ccc(OCCCCN4CCN(c5ncc(C(N)=O)cn5)CC4)cc3C2=O)C1=O. The van der Waals surface area contributed by atoms with E-state index in [-0.39, 0.29) is 40.5 Å². The molecule has 16 heteroatoms. The molecule has 7 rings (SSSR count). The van der Waals surface area contributed by atoms with Gasteiger partial charge in [-0.25, -0.2) is 9.97 Å². The molecule has 1 saturated carbocycles. The van der Waals surface area contributed by atoms with Crippen LogP contribution in [0.25, 0.3) is 0 Å². The maximum atomic E-state index is 14.3. The van der Waals surface area contributed by atoms with Crippen LogP contribution in [0.5, 0.6) is 11.5 Å². The first-order valence-corrected chi connectivity index (χ1v) is 19.5. The summed E-state index contributed by atoms with van der Waals surface area (Å²) in [6.07, 6.45) is 4.14. The third kappa shape index (κ3) is 7.28. The van der Waals surface area contributed by atoms with E-state index in [2.05, 4.69) is 19.8 Å². The lowest BCUT2D eigenvalue weighted by Crippen LogP contribution is -2.77. The van der Waals surface area contributed by atoms with Crippen LogP contribution in [0, 0.1) is 22.2 Å². The lowest BCUT2D eigenvalue weighted by atomic mass is 9.48. The molecule has 0 bridgehead atoms. The molecule has 57 heavy (non-hydrogen) atoms. The van der Waals surface area contributed by atoms with Gasteiger partial charge in [0.15, 0.2) is 0 Å². The van der Waals surface area contributed by atoms with Crippen LogP contribution in [0.2, 0.25) is 5.02 Å². The summed E-state index contributed by atoms with van der Waals surface area (Å²) >= 11 is 6.25. The summed E-state index contributed by atoms with van der Waals surface area (Å²) in [5.74, 6) is -1.19. The molecular formula is C41H45ClN8O7.